The Kier molecular flexibility index (Phi) is 3.54. The zero-order chi connectivity index (χ0) is 14.2. The molecular formula is C14H20N4O2S. The monoisotopic (exact) mass is 308 g/mol. The van der Waals surface area contributed by atoms with Crippen molar-refractivity contribution in [3.8, 4) is 0 Å². The van der Waals surface area contributed by atoms with Gasteiger partial charge in [0.2, 0.25) is 11.0 Å². The Morgan fingerprint density at radius 1 is 1.33 bits per heavy atom. The molecule has 1 aromatic rings. The van der Waals surface area contributed by atoms with Crippen LogP contribution in [0.2, 0.25) is 0 Å². The third kappa shape index (κ3) is 2.42. The van der Waals surface area contributed by atoms with Crippen molar-refractivity contribution in [2.24, 2.45) is 5.92 Å². The molecule has 0 saturated carbocycles. The summed E-state index contributed by atoms with van der Waals surface area (Å²) in [4.78, 5) is 16.5. The van der Waals surface area contributed by atoms with Crippen molar-refractivity contribution in [3.63, 3.8) is 0 Å². The highest BCUT2D eigenvalue weighted by Crippen LogP contribution is 2.35. The van der Waals surface area contributed by atoms with E-state index in [1.807, 2.05) is 0 Å². The molecule has 1 aromatic heterocycles. The van der Waals surface area contributed by atoms with E-state index in [9.17, 15) is 4.79 Å². The van der Waals surface area contributed by atoms with E-state index < -0.39 is 0 Å². The molecule has 0 bridgehead atoms. The Morgan fingerprint density at radius 3 is 3.05 bits per heavy atom. The maximum Gasteiger partial charge on any atom is 0.223 e. The van der Waals surface area contributed by atoms with Crippen LogP contribution in [0.3, 0.4) is 0 Å². The van der Waals surface area contributed by atoms with Gasteiger partial charge in [0.25, 0.3) is 0 Å². The van der Waals surface area contributed by atoms with Gasteiger partial charge in [0.05, 0.1) is 12.1 Å². The minimum Gasteiger partial charge on any atom is -0.376 e. The lowest BCUT2D eigenvalue weighted by molar-refractivity contribution is -0.137. The molecule has 3 aliphatic heterocycles. The first-order valence-electron chi connectivity index (χ1n) is 7.75. The van der Waals surface area contributed by atoms with E-state index >= 15 is 0 Å². The average Bonchev–Trinajstić information content (AvgIpc) is 3.17. The second-order valence-electron chi connectivity index (χ2n) is 6.12. The van der Waals surface area contributed by atoms with Gasteiger partial charge in [-0.25, -0.2) is 0 Å². The van der Waals surface area contributed by atoms with E-state index in [-0.39, 0.29) is 18.1 Å². The van der Waals surface area contributed by atoms with Crippen LogP contribution in [0.5, 0.6) is 0 Å². The van der Waals surface area contributed by atoms with Gasteiger partial charge in [-0.3, -0.25) is 4.79 Å². The van der Waals surface area contributed by atoms with Crippen molar-refractivity contribution in [3.05, 3.63) is 5.51 Å². The molecular weight excluding hydrogens is 288 g/mol. The van der Waals surface area contributed by atoms with Crippen molar-refractivity contribution in [2.45, 2.75) is 37.8 Å². The molecule has 0 N–H and O–H groups in total. The molecule has 0 aliphatic carbocycles. The van der Waals surface area contributed by atoms with Gasteiger partial charge in [-0.15, -0.1) is 10.2 Å². The topological polar surface area (TPSA) is 58.6 Å². The first-order chi connectivity index (χ1) is 10.3. The highest BCUT2D eigenvalue weighted by Gasteiger charge is 2.44. The molecule has 6 nitrogen and oxygen atoms in total. The summed E-state index contributed by atoms with van der Waals surface area (Å²) in [5, 5.41) is 9.13. The number of anilines is 1. The minimum absolute atomic E-state index is 0.169. The lowest BCUT2D eigenvalue weighted by Gasteiger charge is -2.48. The van der Waals surface area contributed by atoms with Crippen LogP contribution in [0.1, 0.15) is 25.7 Å². The number of nitrogens with zero attached hydrogens (tertiary/aromatic N) is 4. The van der Waals surface area contributed by atoms with Crippen LogP contribution in [0.15, 0.2) is 5.51 Å². The summed E-state index contributed by atoms with van der Waals surface area (Å²) < 4.78 is 6.07. The second-order valence-corrected chi connectivity index (χ2v) is 6.93. The van der Waals surface area contributed by atoms with Gasteiger partial charge in [0.15, 0.2) is 0 Å². The number of carbonyl (C=O) groups is 1. The molecule has 3 atom stereocenters. The molecule has 21 heavy (non-hydrogen) atoms. The first-order valence-corrected chi connectivity index (χ1v) is 8.63. The van der Waals surface area contributed by atoms with Crippen molar-refractivity contribution in [1.29, 1.82) is 0 Å². The summed E-state index contributed by atoms with van der Waals surface area (Å²) in [6.07, 6.45) is 4.16. The number of aromatic nitrogens is 2. The Morgan fingerprint density at radius 2 is 2.29 bits per heavy atom. The summed E-state index contributed by atoms with van der Waals surface area (Å²) in [5.41, 5.74) is 1.77. The van der Waals surface area contributed by atoms with Gasteiger partial charge in [0.1, 0.15) is 5.51 Å². The van der Waals surface area contributed by atoms with Crippen LogP contribution in [0.4, 0.5) is 5.13 Å². The van der Waals surface area contributed by atoms with Crippen LogP contribution < -0.4 is 4.90 Å². The summed E-state index contributed by atoms with van der Waals surface area (Å²) >= 11 is 1.57. The molecule has 0 aromatic carbocycles. The molecule has 3 saturated heterocycles. The molecule has 1 amide bonds. The lowest BCUT2D eigenvalue weighted by atomic mass is 9.85. The summed E-state index contributed by atoms with van der Waals surface area (Å²) in [6, 6.07) is 0.169. The van der Waals surface area contributed by atoms with Crippen molar-refractivity contribution in [1.82, 2.24) is 15.1 Å². The van der Waals surface area contributed by atoms with Gasteiger partial charge in [-0.05, 0) is 19.3 Å². The molecule has 4 heterocycles. The largest absolute Gasteiger partial charge is 0.376 e. The standard InChI is InChI=1S/C14H20N4O2S/c19-12-4-1-5-18(12)11-8-17(14-16-15-9-21-14)7-10-3-2-6-20-13(10)11/h9-11,13H,1-8H2/t10-,11-,13-/m1/s1. The van der Waals surface area contributed by atoms with Gasteiger partial charge >= 0.3 is 0 Å². The van der Waals surface area contributed by atoms with Crippen LogP contribution in [0, 0.1) is 5.92 Å². The van der Waals surface area contributed by atoms with E-state index in [2.05, 4.69) is 20.0 Å². The summed E-state index contributed by atoms with van der Waals surface area (Å²) in [5.74, 6) is 0.779. The predicted molar refractivity (Wildman–Crippen MR) is 79.3 cm³/mol. The van der Waals surface area contributed by atoms with Crippen LogP contribution in [0.25, 0.3) is 0 Å². The first kappa shape index (κ1) is 13.5. The predicted octanol–water partition coefficient (Wildman–Crippen LogP) is 1.14. The highest BCUT2D eigenvalue weighted by molar-refractivity contribution is 7.13. The van der Waals surface area contributed by atoms with E-state index in [1.54, 1.807) is 16.8 Å². The van der Waals surface area contributed by atoms with Crippen LogP contribution >= 0.6 is 11.3 Å². The molecule has 0 radical (unpaired) electrons. The molecule has 3 aliphatic rings. The average molecular weight is 308 g/mol. The number of rotatable bonds is 2. The molecule has 0 spiro atoms. The number of carbonyl (C=O) groups excluding carboxylic acids is 1. The highest BCUT2D eigenvalue weighted by atomic mass is 32.1. The molecule has 114 valence electrons. The second kappa shape index (κ2) is 5.53. The summed E-state index contributed by atoms with van der Waals surface area (Å²) in [7, 11) is 0. The molecule has 4 rings (SSSR count). The van der Waals surface area contributed by atoms with E-state index in [4.69, 9.17) is 4.74 Å². The van der Waals surface area contributed by atoms with E-state index in [1.165, 1.54) is 6.42 Å². The summed E-state index contributed by atoms with van der Waals surface area (Å²) in [6.45, 7) is 3.50. The third-order valence-electron chi connectivity index (χ3n) is 4.87. The number of likely N-dealkylation sites (tertiary alicyclic amines) is 1. The normalized spacial score (nSPS) is 33.3. The fourth-order valence-corrected chi connectivity index (χ4v) is 4.51. The molecule has 7 heteroatoms. The number of ether oxygens (including phenoxy) is 1. The number of fused-ring (bicyclic) bond motifs is 1. The SMILES string of the molecule is O=C1CCCN1[C@@H]1CN(c2nncs2)C[C@H]2CCCO[C@H]21. The Balaban J connectivity index is 1.60. The van der Waals surface area contributed by atoms with Gasteiger partial charge in [0, 0.05) is 38.6 Å². The number of hydrogen-bond acceptors (Lipinski definition) is 6. The van der Waals surface area contributed by atoms with Crippen molar-refractivity contribution >= 4 is 22.4 Å². The van der Waals surface area contributed by atoms with E-state index in [0.717, 1.165) is 44.2 Å². The Labute approximate surface area is 128 Å². The lowest BCUT2D eigenvalue weighted by Crippen LogP contribution is -2.61. The zero-order valence-corrected chi connectivity index (χ0v) is 12.8. The number of hydrogen-bond donors (Lipinski definition) is 0. The minimum atomic E-state index is 0.169. The van der Waals surface area contributed by atoms with Crippen molar-refractivity contribution < 1.29 is 9.53 Å². The number of piperidine rings is 1. The molecule has 3 fully saturated rings. The molecule has 0 unspecified atom stereocenters. The quantitative estimate of drug-likeness (QED) is 0.820. The van der Waals surface area contributed by atoms with Crippen molar-refractivity contribution in [2.75, 3.05) is 31.1 Å². The Hall–Kier alpha value is -1.21. The fraction of sp³-hybridized carbons (Fsp3) is 0.786. The fourth-order valence-electron chi connectivity index (χ4n) is 3.93. The van der Waals surface area contributed by atoms with Gasteiger partial charge in [-0.2, -0.15) is 0 Å². The smallest absolute Gasteiger partial charge is 0.223 e. The maximum atomic E-state index is 12.2. The maximum absolute atomic E-state index is 12.2. The van der Waals surface area contributed by atoms with E-state index in [0.29, 0.717) is 12.3 Å². The zero-order valence-electron chi connectivity index (χ0n) is 12.0. The van der Waals surface area contributed by atoms with Gasteiger partial charge < -0.3 is 14.5 Å². The number of amides is 1. The third-order valence-corrected chi connectivity index (χ3v) is 5.62. The van der Waals surface area contributed by atoms with Crippen LogP contribution in [-0.2, 0) is 9.53 Å². The van der Waals surface area contributed by atoms with Gasteiger partial charge in [-0.1, -0.05) is 11.3 Å². The Bertz CT molecular complexity index is 509. The van der Waals surface area contributed by atoms with Crippen LogP contribution in [-0.4, -0.2) is 59.4 Å².